The molecule has 0 bridgehead atoms. The molecule has 20 heavy (non-hydrogen) atoms. The molecule has 0 aliphatic rings. The molecule has 2 aromatic carbocycles. The Kier molecular flexibility index (Phi) is 3.50. The van der Waals surface area contributed by atoms with E-state index in [2.05, 4.69) is 17.6 Å². The van der Waals surface area contributed by atoms with Crippen LogP contribution >= 0.6 is 0 Å². The smallest absolute Gasteiger partial charge is 0.123 e. The molecule has 0 radical (unpaired) electrons. The third-order valence-corrected chi connectivity index (χ3v) is 3.44. The molecule has 2 nitrogen and oxygen atoms in total. The second-order valence-corrected chi connectivity index (χ2v) is 4.98. The Balaban J connectivity index is 2.06. The average molecular weight is 268 g/mol. The van der Waals surface area contributed by atoms with E-state index < -0.39 is 0 Å². The van der Waals surface area contributed by atoms with Gasteiger partial charge in [0, 0.05) is 13.0 Å². The molecule has 1 aromatic heterocycles. The van der Waals surface area contributed by atoms with E-state index in [1.165, 1.54) is 6.07 Å². The number of hydrogen-bond donors (Lipinski definition) is 0. The third-order valence-electron chi connectivity index (χ3n) is 3.44. The van der Waals surface area contributed by atoms with Gasteiger partial charge in [0.05, 0.1) is 11.0 Å². The zero-order valence-corrected chi connectivity index (χ0v) is 11.5. The van der Waals surface area contributed by atoms with E-state index in [4.69, 9.17) is 4.98 Å². The molecule has 3 heteroatoms. The van der Waals surface area contributed by atoms with E-state index in [1.54, 1.807) is 12.1 Å². The number of imidazole rings is 1. The summed E-state index contributed by atoms with van der Waals surface area (Å²) in [7, 11) is 0. The quantitative estimate of drug-likeness (QED) is 0.694. The number of rotatable bonds is 4. The van der Waals surface area contributed by atoms with Crippen molar-refractivity contribution in [1.29, 1.82) is 0 Å². The van der Waals surface area contributed by atoms with Gasteiger partial charge in [-0.1, -0.05) is 31.2 Å². The van der Waals surface area contributed by atoms with Crippen molar-refractivity contribution in [3.05, 3.63) is 65.7 Å². The molecule has 0 aliphatic carbocycles. The lowest BCUT2D eigenvalue weighted by molar-refractivity contribution is 0.622. The van der Waals surface area contributed by atoms with Gasteiger partial charge in [-0.05, 0) is 36.2 Å². The highest BCUT2D eigenvalue weighted by Crippen LogP contribution is 2.19. The van der Waals surface area contributed by atoms with Gasteiger partial charge in [0.25, 0.3) is 0 Å². The summed E-state index contributed by atoms with van der Waals surface area (Å²) in [5.41, 5.74) is 3.08. The van der Waals surface area contributed by atoms with Crippen molar-refractivity contribution in [2.45, 2.75) is 26.3 Å². The summed E-state index contributed by atoms with van der Waals surface area (Å²) in [5, 5.41) is 0. The van der Waals surface area contributed by atoms with E-state index in [1.807, 2.05) is 24.3 Å². The number of nitrogens with zero attached hydrogens (tertiary/aromatic N) is 2. The molecule has 0 N–H and O–H groups in total. The number of benzene rings is 2. The van der Waals surface area contributed by atoms with Crippen LogP contribution in [0.3, 0.4) is 0 Å². The molecule has 0 fully saturated rings. The first-order valence-corrected chi connectivity index (χ1v) is 6.96. The maximum Gasteiger partial charge on any atom is 0.123 e. The largest absolute Gasteiger partial charge is 0.323 e. The van der Waals surface area contributed by atoms with Crippen LogP contribution in [0, 0.1) is 5.82 Å². The van der Waals surface area contributed by atoms with Gasteiger partial charge < -0.3 is 4.57 Å². The first-order valence-electron chi connectivity index (χ1n) is 6.96. The number of halogens is 1. The van der Waals surface area contributed by atoms with Crippen LogP contribution in [-0.4, -0.2) is 9.55 Å². The fraction of sp³-hybridized carbons (Fsp3) is 0.235. The number of fused-ring (bicyclic) bond motifs is 1. The van der Waals surface area contributed by atoms with Crippen LogP contribution in [0.4, 0.5) is 4.39 Å². The summed E-state index contributed by atoms with van der Waals surface area (Å²) in [6, 6.07) is 14.9. The van der Waals surface area contributed by atoms with E-state index in [0.29, 0.717) is 6.54 Å². The number of hydrogen-bond acceptors (Lipinski definition) is 1. The van der Waals surface area contributed by atoms with E-state index >= 15 is 0 Å². The molecule has 0 aliphatic heterocycles. The Morgan fingerprint density at radius 2 is 1.95 bits per heavy atom. The zero-order chi connectivity index (χ0) is 13.9. The summed E-state index contributed by atoms with van der Waals surface area (Å²) in [5.74, 6) is 0.877. The Morgan fingerprint density at radius 3 is 2.75 bits per heavy atom. The van der Waals surface area contributed by atoms with Crippen LogP contribution in [0.1, 0.15) is 24.7 Å². The van der Waals surface area contributed by atoms with Crippen molar-refractivity contribution in [1.82, 2.24) is 9.55 Å². The van der Waals surface area contributed by atoms with E-state index in [9.17, 15) is 4.39 Å². The normalized spacial score (nSPS) is 11.1. The van der Waals surface area contributed by atoms with Crippen molar-refractivity contribution in [2.24, 2.45) is 0 Å². The molecular formula is C17H17FN2. The average Bonchev–Trinajstić information content (AvgIpc) is 2.78. The van der Waals surface area contributed by atoms with Gasteiger partial charge in [-0.2, -0.15) is 0 Å². The van der Waals surface area contributed by atoms with Gasteiger partial charge >= 0.3 is 0 Å². The van der Waals surface area contributed by atoms with E-state index in [-0.39, 0.29) is 5.82 Å². The summed E-state index contributed by atoms with van der Waals surface area (Å²) in [4.78, 5) is 4.69. The predicted octanol–water partition coefficient (Wildman–Crippen LogP) is 4.18. The standard InChI is InChI=1S/C17H17FN2/c1-2-6-17-19-15-9-3-4-10-16(15)20(17)12-13-7-5-8-14(18)11-13/h3-5,7-11H,2,6,12H2,1H3. The molecular weight excluding hydrogens is 251 g/mol. The molecule has 0 atom stereocenters. The predicted molar refractivity (Wildman–Crippen MR) is 79.2 cm³/mol. The van der Waals surface area contributed by atoms with Crippen LogP contribution < -0.4 is 0 Å². The van der Waals surface area contributed by atoms with Crippen LogP contribution in [0.15, 0.2) is 48.5 Å². The van der Waals surface area contributed by atoms with Crippen LogP contribution in [-0.2, 0) is 13.0 Å². The highest BCUT2D eigenvalue weighted by molar-refractivity contribution is 5.76. The maximum absolute atomic E-state index is 13.3. The number of aromatic nitrogens is 2. The Bertz CT molecular complexity index is 731. The Labute approximate surface area is 117 Å². The third kappa shape index (κ3) is 2.44. The Morgan fingerprint density at radius 1 is 1.10 bits per heavy atom. The van der Waals surface area contributed by atoms with Crippen molar-refractivity contribution >= 4 is 11.0 Å². The lowest BCUT2D eigenvalue weighted by Gasteiger charge is -2.09. The van der Waals surface area contributed by atoms with Gasteiger partial charge in [0.2, 0.25) is 0 Å². The van der Waals surface area contributed by atoms with Crippen LogP contribution in [0.25, 0.3) is 11.0 Å². The summed E-state index contributed by atoms with van der Waals surface area (Å²) in [6.07, 6.45) is 1.98. The molecule has 0 spiro atoms. The van der Waals surface area contributed by atoms with E-state index in [0.717, 1.165) is 35.3 Å². The molecule has 102 valence electrons. The van der Waals surface area contributed by atoms with Crippen molar-refractivity contribution in [3.63, 3.8) is 0 Å². The minimum absolute atomic E-state index is 0.191. The lowest BCUT2D eigenvalue weighted by atomic mass is 10.2. The fourth-order valence-corrected chi connectivity index (χ4v) is 2.53. The van der Waals surface area contributed by atoms with Crippen LogP contribution in [0.2, 0.25) is 0 Å². The molecule has 0 unspecified atom stereocenters. The van der Waals surface area contributed by atoms with Gasteiger partial charge in [0.15, 0.2) is 0 Å². The van der Waals surface area contributed by atoms with Gasteiger partial charge in [0.1, 0.15) is 11.6 Å². The molecule has 1 heterocycles. The maximum atomic E-state index is 13.3. The Hall–Kier alpha value is -2.16. The SMILES string of the molecule is CCCc1nc2ccccc2n1Cc1cccc(F)c1. The minimum atomic E-state index is -0.191. The minimum Gasteiger partial charge on any atom is -0.323 e. The van der Waals surface area contributed by atoms with Crippen molar-refractivity contribution in [2.75, 3.05) is 0 Å². The van der Waals surface area contributed by atoms with Gasteiger partial charge in [-0.15, -0.1) is 0 Å². The summed E-state index contributed by atoms with van der Waals surface area (Å²) < 4.78 is 15.5. The molecule has 3 rings (SSSR count). The topological polar surface area (TPSA) is 17.8 Å². The zero-order valence-electron chi connectivity index (χ0n) is 11.5. The molecule has 0 saturated carbocycles. The lowest BCUT2D eigenvalue weighted by Crippen LogP contribution is -2.05. The first-order chi connectivity index (χ1) is 9.78. The highest BCUT2D eigenvalue weighted by atomic mass is 19.1. The monoisotopic (exact) mass is 268 g/mol. The second kappa shape index (κ2) is 5.45. The van der Waals surface area contributed by atoms with Crippen LogP contribution in [0.5, 0.6) is 0 Å². The number of aryl methyl sites for hydroxylation is 1. The molecule has 0 saturated heterocycles. The number of para-hydroxylation sites is 2. The highest BCUT2D eigenvalue weighted by Gasteiger charge is 2.10. The first kappa shape index (κ1) is 12.9. The van der Waals surface area contributed by atoms with Crippen molar-refractivity contribution < 1.29 is 4.39 Å². The molecule has 0 amide bonds. The fourth-order valence-electron chi connectivity index (χ4n) is 2.53. The van der Waals surface area contributed by atoms with Crippen molar-refractivity contribution in [3.8, 4) is 0 Å². The molecule has 3 aromatic rings. The van der Waals surface area contributed by atoms with Gasteiger partial charge in [-0.25, -0.2) is 9.37 Å². The second-order valence-electron chi connectivity index (χ2n) is 4.98. The van der Waals surface area contributed by atoms with Gasteiger partial charge in [-0.3, -0.25) is 0 Å². The summed E-state index contributed by atoms with van der Waals surface area (Å²) >= 11 is 0. The summed E-state index contributed by atoms with van der Waals surface area (Å²) in [6.45, 7) is 2.81.